The molecule has 7 nitrogen and oxygen atoms in total. The standard InChI is InChI=1S/C19H22N6O/c1-12-5-13(2)11-25(10-12)18-4-3-16(23-24-18)19-17(26)6-14(7-20-19)15-8-21-22-9-15/h3-4,6-9,12-13,26H,5,10-11H2,1-2H3,(H,21,22)/t12-,13+. The number of nitrogens with one attached hydrogen (secondary N) is 1. The van der Waals surface area contributed by atoms with E-state index in [2.05, 4.69) is 44.1 Å². The lowest BCUT2D eigenvalue weighted by Crippen LogP contribution is -2.39. The second-order valence-corrected chi connectivity index (χ2v) is 7.21. The average molecular weight is 350 g/mol. The molecule has 0 unspecified atom stereocenters. The Bertz CT molecular complexity index is 868. The number of aromatic hydroxyl groups is 1. The van der Waals surface area contributed by atoms with Crippen LogP contribution in [0.3, 0.4) is 0 Å². The maximum Gasteiger partial charge on any atom is 0.151 e. The molecule has 3 aromatic heterocycles. The van der Waals surface area contributed by atoms with Crippen molar-refractivity contribution in [3.63, 3.8) is 0 Å². The fourth-order valence-electron chi connectivity index (χ4n) is 3.69. The summed E-state index contributed by atoms with van der Waals surface area (Å²) in [5.74, 6) is 2.26. The zero-order valence-corrected chi connectivity index (χ0v) is 14.9. The van der Waals surface area contributed by atoms with E-state index in [1.165, 1.54) is 6.42 Å². The lowest BCUT2D eigenvalue weighted by atomic mass is 9.92. The summed E-state index contributed by atoms with van der Waals surface area (Å²) in [5, 5.41) is 25.7. The summed E-state index contributed by atoms with van der Waals surface area (Å²) in [6.07, 6.45) is 6.39. The Morgan fingerprint density at radius 2 is 1.88 bits per heavy atom. The first-order valence-electron chi connectivity index (χ1n) is 8.87. The van der Waals surface area contributed by atoms with Gasteiger partial charge in [-0.2, -0.15) is 5.10 Å². The van der Waals surface area contributed by atoms with Crippen molar-refractivity contribution in [2.45, 2.75) is 20.3 Å². The van der Waals surface area contributed by atoms with Crippen LogP contribution in [0.15, 0.2) is 36.8 Å². The molecule has 2 N–H and O–H groups in total. The molecule has 134 valence electrons. The summed E-state index contributed by atoms with van der Waals surface area (Å²) in [6.45, 7) is 6.55. The molecule has 4 rings (SSSR count). The van der Waals surface area contributed by atoms with Crippen LogP contribution in [0.5, 0.6) is 5.75 Å². The molecule has 3 aromatic rings. The second kappa shape index (κ2) is 6.74. The number of anilines is 1. The van der Waals surface area contributed by atoms with Crippen molar-refractivity contribution in [3.05, 3.63) is 36.8 Å². The van der Waals surface area contributed by atoms with Gasteiger partial charge in [0.05, 0.1) is 6.20 Å². The molecule has 2 atom stereocenters. The molecule has 0 aliphatic carbocycles. The van der Waals surface area contributed by atoms with Crippen molar-refractivity contribution in [2.75, 3.05) is 18.0 Å². The number of hydrogen-bond acceptors (Lipinski definition) is 6. The number of piperidine rings is 1. The van der Waals surface area contributed by atoms with Crippen molar-refractivity contribution < 1.29 is 5.11 Å². The van der Waals surface area contributed by atoms with E-state index in [4.69, 9.17) is 0 Å². The Morgan fingerprint density at radius 1 is 1.08 bits per heavy atom. The van der Waals surface area contributed by atoms with E-state index in [9.17, 15) is 5.11 Å². The molecule has 0 bridgehead atoms. The van der Waals surface area contributed by atoms with Crippen LogP contribution in [0.25, 0.3) is 22.5 Å². The van der Waals surface area contributed by atoms with Crippen LogP contribution in [0.2, 0.25) is 0 Å². The maximum atomic E-state index is 10.4. The topological polar surface area (TPSA) is 90.8 Å². The Kier molecular flexibility index (Phi) is 4.28. The number of aromatic nitrogens is 5. The van der Waals surface area contributed by atoms with Crippen molar-refractivity contribution in [2.24, 2.45) is 11.8 Å². The highest BCUT2D eigenvalue weighted by Gasteiger charge is 2.23. The first-order valence-corrected chi connectivity index (χ1v) is 8.87. The number of hydrogen-bond donors (Lipinski definition) is 2. The number of rotatable bonds is 3. The van der Waals surface area contributed by atoms with Crippen molar-refractivity contribution in [1.82, 2.24) is 25.4 Å². The summed E-state index contributed by atoms with van der Waals surface area (Å²) < 4.78 is 0. The Balaban J connectivity index is 1.57. The molecule has 4 heterocycles. The highest BCUT2D eigenvalue weighted by Crippen LogP contribution is 2.30. The summed E-state index contributed by atoms with van der Waals surface area (Å²) >= 11 is 0. The normalized spacial score (nSPS) is 20.3. The van der Waals surface area contributed by atoms with Gasteiger partial charge in [-0.25, -0.2) is 4.98 Å². The van der Waals surface area contributed by atoms with Crippen LogP contribution >= 0.6 is 0 Å². The van der Waals surface area contributed by atoms with Gasteiger partial charge in [-0.1, -0.05) is 13.8 Å². The molecule has 1 fully saturated rings. The van der Waals surface area contributed by atoms with E-state index in [0.29, 0.717) is 23.2 Å². The van der Waals surface area contributed by atoms with Gasteiger partial charge in [0.2, 0.25) is 0 Å². The maximum absolute atomic E-state index is 10.4. The minimum Gasteiger partial charge on any atom is -0.506 e. The molecule has 0 spiro atoms. The fraction of sp³-hybridized carbons (Fsp3) is 0.368. The van der Waals surface area contributed by atoms with E-state index in [1.807, 2.05) is 12.1 Å². The highest BCUT2D eigenvalue weighted by molar-refractivity contribution is 5.69. The Morgan fingerprint density at radius 3 is 2.50 bits per heavy atom. The smallest absolute Gasteiger partial charge is 0.151 e. The van der Waals surface area contributed by atoms with Crippen LogP contribution in [-0.4, -0.2) is 43.6 Å². The minimum atomic E-state index is 0.0750. The molecule has 0 amide bonds. The van der Waals surface area contributed by atoms with E-state index >= 15 is 0 Å². The quantitative estimate of drug-likeness (QED) is 0.754. The SMILES string of the molecule is C[C@@H]1C[C@H](C)CN(c2ccc(-c3ncc(-c4cn[nH]c4)cc3O)nn2)C1. The molecule has 7 heteroatoms. The van der Waals surface area contributed by atoms with Crippen molar-refractivity contribution in [3.8, 4) is 28.3 Å². The van der Waals surface area contributed by atoms with E-state index in [0.717, 1.165) is 30.0 Å². The fourth-order valence-corrected chi connectivity index (χ4v) is 3.69. The first kappa shape index (κ1) is 16.5. The Hall–Kier alpha value is -2.96. The third kappa shape index (κ3) is 3.24. The van der Waals surface area contributed by atoms with E-state index in [-0.39, 0.29) is 5.75 Å². The van der Waals surface area contributed by atoms with Crippen LogP contribution < -0.4 is 4.90 Å². The van der Waals surface area contributed by atoms with Crippen molar-refractivity contribution >= 4 is 5.82 Å². The third-order valence-corrected chi connectivity index (χ3v) is 4.79. The predicted molar refractivity (Wildman–Crippen MR) is 99.7 cm³/mol. The molecule has 1 aliphatic heterocycles. The van der Waals surface area contributed by atoms with E-state index < -0.39 is 0 Å². The van der Waals surface area contributed by atoms with E-state index in [1.54, 1.807) is 24.7 Å². The predicted octanol–water partition coefficient (Wildman–Crippen LogP) is 3.12. The minimum absolute atomic E-state index is 0.0750. The lowest BCUT2D eigenvalue weighted by molar-refractivity contribution is 0.355. The average Bonchev–Trinajstić information content (AvgIpc) is 3.16. The Labute approximate surface area is 152 Å². The van der Waals surface area contributed by atoms with Gasteiger partial charge in [-0.15, -0.1) is 10.2 Å². The molecule has 26 heavy (non-hydrogen) atoms. The molecule has 1 aliphatic rings. The van der Waals surface area contributed by atoms with Crippen LogP contribution in [0, 0.1) is 11.8 Å². The van der Waals surface area contributed by atoms with Gasteiger partial charge < -0.3 is 10.0 Å². The number of aromatic amines is 1. The molecular weight excluding hydrogens is 328 g/mol. The van der Waals surface area contributed by atoms with Crippen LogP contribution in [0.4, 0.5) is 5.82 Å². The summed E-state index contributed by atoms with van der Waals surface area (Å²) in [6, 6.07) is 5.49. The number of pyridine rings is 1. The van der Waals surface area contributed by atoms with Crippen molar-refractivity contribution in [1.29, 1.82) is 0 Å². The molecular formula is C19H22N6O. The molecule has 0 radical (unpaired) electrons. The van der Waals surface area contributed by atoms with Crippen LogP contribution in [0.1, 0.15) is 20.3 Å². The summed E-state index contributed by atoms with van der Waals surface area (Å²) in [4.78, 5) is 6.65. The zero-order valence-electron chi connectivity index (χ0n) is 14.9. The monoisotopic (exact) mass is 350 g/mol. The zero-order chi connectivity index (χ0) is 18.1. The largest absolute Gasteiger partial charge is 0.506 e. The van der Waals surface area contributed by atoms with Crippen LogP contribution in [-0.2, 0) is 0 Å². The molecule has 0 saturated carbocycles. The summed E-state index contributed by atoms with van der Waals surface area (Å²) in [7, 11) is 0. The van der Waals surface area contributed by atoms with Gasteiger partial charge >= 0.3 is 0 Å². The summed E-state index contributed by atoms with van der Waals surface area (Å²) in [5.41, 5.74) is 2.65. The van der Waals surface area contributed by atoms with Gasteiger partial charge in [-0.05, 0) is 36.5 Å². The van der Waals surface area contributed by atoms with Gasteiger partial charge in [-0.3, -0.25) is 5.10 Å². The van der Waals surface area contributed by atoms with Gasteiger partial charge in [0.25, 0.3) is 0 Å². The van der Waals surface area contributed by atoms with Gasteiger partial charge in [0, 0.05) is 36.6 Å². The lowest BCUT2D eigenvalue weighted by Gasteiger charge is -2.35. The highest BCUT2D eigenvalue weighted by atomic mass is 16.3. The van der Waals surface area contributed by atoms with Gasteiger partial charge in [0.1, 0.15) is 17.1 Å². The molecule has 0 aromatic carbocycles. The molecule has 1 saturated heterocycles. The third-order valence-electron chi connectivity index (χ3n) is 4.79. The van der Waals surface area contributed by atoms with Gasteiger partial charge in [0.15, 0.2) is 5.82 Å². The first-order chi connectivity index (χ1) is 12.6. The second-order valence-electron chi connectivity index (χ2n) is 7.21. The number of nitrogens with zero attached hydrogens (tertiary/aromatic N) is 5. The number of H-pyrrole nitrogens is 1.